The smallest absolute Gasteiger partial charge is 0.254 e. The summed E-state index contributed by atoms with van der Waals surface area (Å²) in [7, 11) is 0. The second-order valence-electron chi connectivity index (χ2n) is 8.38. The van der Waals surface area contributed by atoms with Crippen molar-refractivity contribution in [1.29, 1.82) is 0 Å². The summed E-state index contributed by atoms with van der Waals surface area (Å²) in [5, 5.41) is 0. The molecule has 2 aliphatic heterocycles. The third kappa shape index (κ3) is 5.07. The minimum Gasteiger partial charge on any atom is -0.368 e. The van der Waals surface area contributed by atoms with Crippen molar-refractivity contribution in [3.8, 4) is 0 Å². The van der Waals surface area contributed by atoms with E-state index in [1.54, 1.807) is 36.7 Å². The lowest BCUT2D eigenvalue weighted by atomic mass is 10.2. The van der Waals surface area contributed by atoms with E-state index in [0.29, 0.717) is 38.3 Å². The summed E-state index contributed by atoms with van der Waals surface area (Å²) in [6.45, 7) is 7.52. The lowest BCUT2D eigenvalue weighted by molar-refractivity contribution is -0.136. The van der Waals surface area contributed by atoms with Crippen molar-refractivity contribution in [3.05, 3.63) is 60.2 Å². The van der Waals surface area contributed by atoms with Crippen molar-refractivity contribution < 1.29 is 14.0 Å². The Morgan fingerprint density at radius 2 is 1.50 bits per heavy atom. The first-order valence-corrected chi connectivity index (χ1v) is 11.3. The van der Waals surface area contributed by atoms with Crippen molar-refractivity contribution in [2.45, 2.75) is 19.4 Å². The molecule has 7 nitrogen and oxygen atoms in total. The van der Waals surface area contributed by atoms with Gasteiger partial charge in [0, 0.05) is 76.0 Å². The van der Waals surface area contributed by atoms with E-state index in [9.17, 15) is 14.0 Å². The Bertz CT molecular complexity index is 916. The van der Waals surface area contributed by atoms with Crippen LogP contribution in [-0.2, 0) is 4.79 Å². The maximum atomic E-state index is 13.2. The summed E-state index contributed by atoms with van der Waals surface area (Å²) in [5.41, 5.74) is 1.63. The maximum absolute atomic E-state index is 13.2. The number of nitrogens with zero attached hydrogens (tertiary/aromatic N) is 5. The maximum Gasteiger partial charge on any atom is 0.254 e. The number of amides is 2. The number of pyridine rings is 1. The highest BCUT2D eigenvalue weighted by Gasteiger charge is 2.30. The van der Waals surface area contributed by atoms with Crippen LogP contribution in [0.15, 0.2) is 48.8 Å². The summed E-state index contributed by atoms with van der Waals surface area (Å²) >= 11 is 0. The molecule has 3 heterocycles. The van der Waals surface area contributed by atoms with Crippen LogP contribution >= 0.6 is 0 Å². The Morgan fingerprint density at radius 3 is 2.19 bits per heavy atom. The van der Waals surface area contributed by atoms with Gasteiger partial charge in [0.25, 0.3) is 5.91 Å². The molecule has 1 atom stereocenters. The van der Waals surface area contributed by atoms with Crippen LogP contribution in [0.25, 0.3) is 0 Å². The SMILES string of the molecule is CC(C(=O)N1CCN(c2ccc(F)cc2)CC1)N1CCCN(C(=O)c2ccncc2)CC1. The predicted molar refractivity (Wildman–Crippen MR) is 121 cm³/mol. The zero-order valence-electron chi connectivity index (χ0n) is 18.5. The molecule has 2 aromatic rings. The zero-order valence-corrected chi connectivity index (χ0v) is 18.5. The Kier molecular flexibility index (Phi) is 6.99. The number of carbonyl (C=O) groups is 2. The fourth-order valence-electron chi connectivity index (χ4n) is 4.46. The van der Waals surface area contributed by atoms with Gasteiger partial charge < -0.3 is 14.7 Å². The Labute approximate surface area is 188 Å². The second kappa shape index (κ2) is 10.1. The number of carbonyl (C=O) groups excluding carboxylic acids is 2. The zero-order chi connectivity index (χ0) is 22.5. The molecule has 0 spiro atoms. The number of anilines is 1. The molecule has 32 heavy (non-hydrogen) atoms. The molecular formula is C24H30FN5O2. The molecule has 1 aromatic heterocycles. The molecule has 2 amide bonds. The number of aromatic nitrogens is 1. The van der Waals surface area contributed by atoms with E-state index in [2.05, 4.69) is 14.8 Å². The lowest BCUT2D eigenvalue weighted by Gasteiger charge is -2.39. The molecular weight excluding hydrogens is 409 g/mol. The number of halogens is 1. The summed E-state index contributed by atoms with van der Waals surface area (Å²) in [5.74, 6) is -0.0855. The molecule has 4 rings (SSSR count). The van der Waals surface area contributed by atoms with E-state index in [1.165, 1.54) is 12.1 Å². The highest BCUT2D eigenvalue weighted by molar-refractivity contribution is 5.94. The van der Waals surface area contributed by atoms with Crippen LogP contribution in [-0.4, -0.2) is 89.9 Å². The van der Waals surface area contributed by atoms with Crippen molar-refractivity contribution >= 4 is 17.5 Å². The standard InChI is InChI=1S/C24H30FN5O2/c1-19(23(31)30-17-14-28(15-18-30)22-5-3-21(25)4-6-22)27-11-2-12-29(16-13-27)24(32)20-7-9-26-10-8-20/h3-10,19H,2,11-18H2,1H3. The van der Waals surface area contributed by atoms with Gasteiger partial charge in [-0.25, -0.2) is 4.39 Å². The van der Waals surface area contributed by atoms with Gasteiger partial charge in [0.15, 0.2) is 0 Å². The fraction of sp³-hybridized carbons (Fsp3) is 0.458. The minimum atomic E-state index is -0.241. The molecule has 1 aromatic carbocycles. The molecule has 170 valence electrons. The molecule has 0 bridgehead atoms. The lowest BCUT2D eigenvalue weighted by Crippen LogP contribution is -2.54. The third-order valence-corrected chi connectivity index (χ3v) is 6.43. The predicted octanol–water partition coefficient (Wildman–Crippen LogP) is 2.11. The van der Waals surface area contributed by atoms with Crippen LogP contribution < -0.4 is 4.90 Å². The minimum absolute atomic E-state index is 0.0187. The van der Waals surface area contributed by atoms with Crippen molar-refractivity contribution in [3.63, 3.8) is 0 Å². The van der Waals surface area contributed by atoms with Gasteiger partial charge in [0.1, 0.15) is 5.82 Å². The third-order valence-electron chi connectivity index (χ3n) is 6.43. The normalized spacial score (nSPS) is 18.9. The van der Waals surface area contributed by atoms with Gasteiger partial charge in [-0.3, -0.25) is 19.5 Å². The quantitative estimate of drug-likeness (QED) is 0.730. The van der Waals surface area contributed by atoms with Gasteiger partial charge >= 0.3 is 0 Å². The summed E-state index contributed by atoms with van der Waals surface area (Å²) in [6, 6.07) is 9.76. The van der Waals surface area contributed by atoms with Crippen LogP contribution in [0.1, 0.15) is 23.7 Å². The van der Waals surface area contributed by atoms with Crippen LogP contribution in [0.4, 0.5) is 10.1 Å². The summed E-state index contributed by atoms with van der Waals surface area (Å²) < 4.78 is 13.2. The van der Waals surface area contributed by atoms with E-state index in [4.69, 9.17) is 0 Å². The van der Waals surface area contributed by atoms with E-state index in [-0.39, 0.29) is 23.7 Å². The molecule has 8 heteroatoms. The fourth-order valence-corrected chi connectivity index (χ4v) is 4.46. The van der Waals surface area contributed by atoms with Crippen molar-refractivity contribution in [2.24, 2.45) is 0 Å². The summed E-state index contributed by atoms with van der Waals surface area (Å²) in [6.07, 6.45) is 4.11. The van der Waals surface area contributed by atoms with Gasteiger partial charge in [-0.2, -0.15) is 0 Å². The molecule has 0 aliphatic carbocycles. The van der Waals surface area contributed by atoms with Crippen LogP contribution in [0.5, 0.6) is 0 Å². The molecule has 0 radical (unpaired) electrons. The number of piperazine rings is 1. The van der Waals surface area contributed by atoms with Crippen LogP contribution in [0, 0.1) is 5.82 Å². The number of benzene rings is 1. The van der Waals surface area contributed by atoms with Gasteiger partial charge in [0.2, 0.25) is 5.91 Å². The molecule has 2 fully saturated rings. The van der Waals surface area contributed by atoms with E-state index in [0.717, 1.165) is 31.7 Å². The van der Waals surface area contributed by atoms with Gasteiger partial charge in [-0.1, -0.05) is 0 Å². The number of hydrogen-bond donors (Lipinski definition) is 0. The van der Waals surface area contributed by atoms with Gasteiger partial charge in [-0.15, -0.1) is 0 Å². The molecule has 0 N–H and O–H groups in total. The van der Waals surface area contributed by atoms with Crippen LogP contribution in [0.3, 0.4) is 0 Å². The van der Waals surface area contributed by atoms with E-state index < -0.39 is 0 Å². The number of hydrogen-bond acceptors (Lipinski definition) is 5. The monoisotopic (exact) mass is 439 g/mol. The molecule has 2 aliphatic rings. The molecule has 0 saturated carbocycles. The Morgan fingerprint density at radius 1 is 0.844 bits per heavy atom. The first kappa shape index (κ1) is 22.2. The van der Waals surface area contributed by atoms with Gasteiger partial charge in [-0.05, 0) is 49.7 Å². The average Bonchev–Trinajstić information content (AvgIpc) is 3.10. The Balaban J connectivity index is 1.29. The van der Waals surface area contributed by atoms with E-state index in [1.807, 2.05) is 16.7 Å². The first-order valence-electron chi connectivity index (χ1n) is 11.3. The number of rotatable bonds is 4. The average molecular weight is 440 g/mol. The second-order valence-corrected chi connectivity index (χ2v) is 8.38. The van der Waals surface area contributed by atoms with Gasteiger partial charge in [0.05, 0.1) is 6.04 Å². The highest BCUT2D eigenvalue weighted by atomic mass is 19.1. The van der Waals surface area contributed by atoms with Crippen molar-refractivity contribution in [2.75, 3.05) is 57.3 Å². The highest BCUT2D eigenvalue weighted by Crippen LogP contribution is 2.18. The molecule has 2 saturated heterocycles. The first-order chi connectivity index (χ1) is 15.5. The largest absolute Gasteiger partial charge is 0.368 e. The Hall–Kier alpha value is -3.00. The topological polar surface area (TPSA) is 60.0 Å². The van der Waals surface area contributed by atoms with Crippen LogP contribution in [0.2, 0.25) is 0 Å². The summed E-state index contributed by atoms with van der Waals surface area (Å²) in [4.78, 5) is 38.1. The molecule has 1 unspecified atom stereocenters. The van der Waals surface area contributed by atoms with Crippen molar-refractivity contribution in [1.82, 2.24) is 19.7 Å². The van der Waals surface area contributed by atoms with E-state index >= 15 is 0 Å².